The molecule has 0 fully saturated rings. The fourth-order valence-electron chi connectivity index (χ4n) is 1.99. The summed E-state index contributed by atoms with van der Waals surface area (Å²) in [6.45, 7) is 7.96. The molecular weight excluding hydrogens is 292 g/mol. The maximum absolute atomic E-state index is 4.19. The minimum Gasteiger partial charge on any atom is -0.311 e. The minimum atomic E-state index is 0.767. The number of benzene rings is 1. The van der Waals surface area contributed by atoms with Gasteiger partial charge in [0, 0.05) is 11.0 Å². The lowest BCUT2D eigenvalue weighted by atomic mass is 10.1. The second-order valence-corrected chi connectivity index (χ2v) is 5.18. The highest BCUT2D eigenvalue weighted by atomic mass is 79.9. The van der Waals surface area contributed by atoms with Crippen molar-refractivity contribution in [3.05, 3.63) is 39.6 Å². The number of aryl methyl sites for hydroxylation is 2. The van der Waals surface area contributed by atoms with Gasteiger partial charge in [-0.2, -0.15) is 0 Å². The van der Waals surface area contributed by atoms with Crippen LogP contribution in [0.2, 0.25) is 0 Å². The number of nitrogens with zero attached hydrogens (tertiary/aromatic N) is 3. The van der Waals surface area contributed by atoms with E-state index in [0.717, 1.165) is 28.9 Å². The van der Waals surface area contributed by atoms with E-state index in [4.69, 9.17) is 0 Å². The van der Waals surface area contributed by atoms with Crippen LogP contribution in [0.1, 0.15) is 23.7 Å². The Morgan fingerprint density at radius 1 is 1.33 bits per heavy atom. The van der Waals surface area contributed by atoms with Crippen LogP contribution in [0.25, 0.3) is 5.69 Å². The van der Waals surface area contributed by atoms with E-state index < -0.39 is 0 Å². The highest BCUT2D eigenvalue weighted by Crippen LogP contribution is 2.26. The number of rotatable bonds is 4. The Labute approximate surface area is 116 Å². The van der Waals surface area contributed by atoms with Crippen molar-refractivity contribution in [3.8, 4) is 5.69 Å². The number of halogens is 1. The maximum Gasteiger partial charge on any atom is 0.0838 e. The molecule has 1 aromatic heterocycles. The lowest BCUT2D eigenvalue weighted by Gasteiger charge is -2.12. The third kappa shape index (κ3) is 2.62. The second-order valence-electron chi connectivity index (χ2n) is 4.33. The molecule has 4 nitrogen and oxygen atoms in total. The van der Waals surface area contributed by atoms with Crippen molar-refractivity contribution in [1.82, 2.24) is 20.3 Å². The van der Waals surface area contributed by atoms with Gasteiger partial charge in [-0.05, 0) is 53.5 Å². The molecule has 1 N–H and O–H groups in total. The molecule has 1 aromatic carbocycles. The normalized spacial score (nSPS) is 10.9. The number of hydrogen-bond acceptors (Lipinski definition) is 3. The fourth-order valence-corrected chi connectivity index (χ4v) is 2.84. The standard InChI is InChI=1S/C13H17BrN4/c1-4-15-7-11-8-16-17-18(11)13-10(3)5-9(2)6-12(13)14/h5-6,8,15H,4,7H2,1-3H3. The van der Waals surface area contributed by atoms with Gasteiger partial charge in [0.2, 0.25) is 0 Å². The van der Waals surface area contributed by atoms with Gasteiger partial charge in [-0.3, -0.25) is 0 Å². The second kappa shape index (κ2) is 5.63. The van der Waals surface area contributed by atoms with E-state index in [1.165, 1.54) is 11.1 Å². The lowest BCUT2D eigenvalue weighted by molar-refractivity contribution is 0.670. The summed E-state index contributed by atoms with van der Waals surface area (Å²) < 4.78 is 2.94. The first-order valence-corrected chi connectivity index (χ1v) is 6.80. The zero-order chi connectivity index (χ0) is 13.1. The molecular formula is C13H17BrN4. The van der Waals surface area contributed by atoms with E-state index in [-0.39, 0.29) is 0 Å². The number of aromatic nitrogens is 3. The Morgan fingerprint density at radius 2 is 2.11 bits per heavy atom. The molecule has 0 unspecified atom stereocenters. The van der Waals surface area contributed by atoms with Crippen molar-refractivity contribution < 1.29 is 0 Å². The van der Waals surface area contributed by atoms with Crippen LogP contribution < -0.4 is 5.32 Å². The molecule has 2 rings (SSSR count). The molecule has 18 heavy (non-hydrogen) atoms. The van der Waals surface area contributed by atoms with Gasteiger partial charge in [-0.25, -0.2) is 4.68 Å². The predicted molar refractivity (Wildman–Crippen MR) is 75.9 cm³/mol. The summed E-state index contributed by atoms with van der Waals surface area (Å²) >= 11 is 3.61. The first-order chi connectivity index (χ1) is 8.63. The quantitative estimate of drug-likeness (QED) is 0.944. The van der Waals surface area contributed by atoms with Gasteiger partial charge in [0.15, 0.2) is 0 Å². The summed E-state index contributed by atoms with van der Waals surface area (Å²) in [5.41, 5.74) is 4.54. The van der Waals surface area contributed by atoms with E-state index in [9.17, 15) is 0 Å². The summed E-state index contributed by atoms with van der Waals surface area (Å²) in [5.74, 6) is 0. The van der Waals surface area contributed by atoms with Crippen molar-refractivity contribution in [2.75, 3.05) is 6.54 Å². The Bertz CT molecular complexity index is 525. The summed E-state index contributed by atoms with van der Waals surface area (Å²) in [6, 6.07) is 4.25. The van der Waals surface area contributed by atoms with Gasteiger partial charge in [-0.1, -0.05) is 18.2 Å². The van der Waals surface area contributed by atoms with Crippen LogP contribution in [0.4, 0.5) is 0 Å². The first kappa shape index (κ1) is 13.2. The fraction of sp³-hybridized carbons (Fsp3) is 0.385. The molecule has 96 valence electrons. The summed E-state index contributed by atoms with van der Waals surface area (Å²) in [6.07, 6.45) is 1.80. The molecule has 0 saturated heterocycles. The van der Waals surface area contributed by atoms with Gasteiger partial charge < -0.3 is 5.32 Å². The van der Waals surface area contributed by atoms with Crippen molar-refractivity contribution in [3.63, 3.8) is 0 Å². The van der Waals surface area contributed by atoms with Crippen LogP contribution in [0.15, 0.2) is 22.8 Å². The first-order valence-electron chi connectivity index (χ1n) is 6.01. The minimum absolute atomic E-state index is 0.767. The van der Waals surface area contributed by atoms with E-state index in [1.54, 1.807) is 6.20 Å². The third-order valence-electron chi connectivity index (χ3n) is 2.79. The average Bonchev–Trinajstić information content (AvgIpc) is 2.73. The largest absolute Gasteiger partial charge is 0.311 e. The molecule has 1 heterocycles. The third-order valence-corrected chi connectivity index (χ3v) is 3.39. The van der Waals surface area contributed by atoms with Gasteiger partial charge in [0.1, 0.15) is 0 Å². The predicted octanol–water partition coefficient (Wildman–Crippen LogP) is 2.76. The van der Waals surface area contributed by atoms with Gasteiger partial charge in [-0.15, -0.1) is 5.10 Å². The number of hydrogen-bond donors (Lipinski definition) is 1. The smallest absolute Gasteiger partial charge is 0.0838 e. The topological polar surface area (TPSA) is 42.7 Å². The van der Waals surface area contributed by atoms with Crippen molar-refractivity contribution in [2.24, 2.45) is 0 Å². The highest BCUT2D eigenvalue weighted by molar-refractivity contribution is 9.10. The molecule has 2 aromatic rings. The van der Waals surface area contributed by atoms with E-state index >= 15 is 0 Å². The Balaban J connectivity index is 2.46. The zero-order valence-electron chi connectivity index (χ0n) is 10.9. The summed E-state index contributed by atoms with van der Waals surface area (Å²) in [7, 11) is 0. The van der Waals surface area contributed by atoms with Crippen molar-refractivity contribution in [1.29, 1.82) is 0 Å². The SMILES string of the molecule is CCNCc1cnnn1-c1c(C)cc(C)cc1Br. The van der Waals surface area contributed by atoms with E-state index in [0.29, 0.717) is 0 Å². The van der Waals surface area contributed by atoms with E-state index in [2.05, 4.69) is 64.5 Å². The van der Waals surface area contributed by atoms with Crippen molar-refractivity contribution >= 4 is 15.9 Å². The van der Waals surface area contributed by atoms with E-state index in [1.807, 2.05) is 4.68 Å². The van der Waals surface area contributed by atoms with Crippen LogP contribution in [0.5, 0.6) is 0 Å². The molecule has 0 aliphatic carbocycles. The van der Waals surface area contributed by atoms with Gasteiger partial charge in [0.25, 0.3) is 0 Å². The molecule has 0 amide bonds. The summed E-state index contributed by atoms with van der Waals surface area (Å²) in [5, 5.41) is 11.5. The van der Waals surface area contributed by atoms with Crippen LogP contribution in [-0.2, 0) is 6.54 Å². The van der Waals surface area contributed by atoms with Crippen LogP contribution in [0, 0.1) is 13.8 Å². The highest BCUT2D eigenvalue weighted by Gasteiger charge is 2.12. The summed E-state index contributed by atoms with van der Waals surface area (Å²) in [4.78, 5) is 0. The molecule has 0 saturated carbocycles. The monoisotopic (exact) mass is 308 g/mol. The molecule has 5 heteroatoms. The zero-order valence-corrected chi connectivity index (χ0v) is 12.5. The molecule has 0 atom stereocenters. The Morgan fingerprint density at radius 3 is 2.78 bits per heavy atom. The molecule has 0 aliphatic heterocycles. The molecule has 0 aliphatic rings. The average molecular weight is 309 g/mol. The Hall–Kier alpha value is -1.20. The van der Waals surface area contributed by atoms with Crippen LogP contribution in [0.3, 0.4) is 0 Å². The van der Waals surface area contributed by atoms with Gasteiger partial charge >= 0.3 is 0 Å². The van der Waals surface area contributed by atoms with Crippen LogP contribution >= 0.6 is 15.9 Å². The van der Waals surface area contributed by atoms with Gasteiger partial charge in [0.05, 0.1) is 17.6 Å². The van der Waals surface area contributed by atoms with Crippen LogP contribution in [-0.4, -0.2) is 21.5 Å². The lowest BCUT2D eigenvalue weighted by Crippen LogP contribution is -2.16. The molecule has 0 radical (unpaired) electrons. The molecule has 0 spiro atoms. The number of nitrogens with one attached hydrogen (secondary N) is 1. The Kier molecular flexibility index (Phi) is 4.14. The maximum atomic E-state index is 4.19. The molecule has 0 bridgehead atoms. The van der Waals surface area contributed by atoms with Crippen molar-refractivity contribution in [2.45, 2.75) is 27.3 Å².